The number of halogens is 3. The molecule has 2 bridgehead atoms. The minimum absolute atomic E-state index is 0.00842. The average molecular weight is 277 g/mol. The van der Waals surface area contributed by atoms with Gasteiger partial charge in [-0.15, -0.1) is 0 Å². The summed E-state index contributed by atoms with van der Waals surface area (Å²) >= 11 is 0. The second-order valence-corrected chi connectivity index (χ2v) is 6.44. The standard InChI is InChI=1S/C13H18F3NO2/c1-10(2)11(3)4-5-12(10,6-8(11)18)9(19)17-7-13(14,15)16/h4-7H2,1-3H3,(H,17,19). The number of ketones is 1. The van der Waals surface area contributed by atoms with Crippen molar-refractivity contribution in [2.24, 2.45) is 16.2 Å². The highest BCUT2D eigenvalue weighted by Gasteiger charge is 2.72. The van der Waals surface area contributed by atoms with E-state index in [1.54, 1.807) is 0 Å². The molecule has 3 nitrogen and oxygen atoms in total. The van der Waals surface area contributed by atoms with E-state index in [9.17, 15) is 22.8 Å². The van der Waals surface area contributed by atoms with Gasteiger partial charge in [0.15, 0.2) is 0 Å². The van der Waals surface area contributed by atoms with Gasteiger partial charge >= 0.3 is 6.18 Å². The van der Waals surface area contributed by atoms with Crippen LogP contribution >= 0.6 is 0 Å². The first kappa shape index (κ1) is 14.3. The molecule has 0 spiro atoms. The zero-order valence-corrected chi connectivity index (χ0v) is 11.3. The zero-order chi connectivity index (χ0) is 14.7. The maximum atomic E-state index is 12.2. The molecule has 2 unspecified atom stereocenters. The summed E-state index contributed by atoms with van der Waals surface area (Å²) < 4.78 is 36.6. The van der Waals surface area contributed by atoms with E-state index in [0.717, 1.165) is 0 Å². The summed E-state index contributed by atoms with van der Waals surface area (Å²) in [5.74, 6) is -0.643. The lowest BCUT2D eigenvalue weighted by Crippen LogP contribution is -2.48. The SMILES string of the molecule is CC12CCC(C(=O)NCC(F)(F)F)(CC1=O)C2(C)C. The Bertz CT molecular complexity index is 444. The highest BCUT2D eigenvalue weighted by molar-refractivity contribution is 5.99. The maximum Gasteiger partial charge on any atom is 0.405 e. The van der Waals surface area contributed by atoms with Gasteiger partial charge in [0.05, 0.1) is 5.41 Å². The predicted molar refractivity (Wildman–Crippen MR) is 62.2 cm³/mol. The summed E-state index contributed by atoms with van der Waals surface area (Å²) in [4.78, 5) is 24.3. The number of hydrogen-bond acceptors (Lipinski definition) is 2. The Labute approximate surface area is 109 Å². The van der Waals surface area contributed by atoms with Crippen LogP contribution in [-0.4, -0.2) is 24.4 Å². The molecule has 2 aliphatic carbocycles. The average Bonchev–Trinajstić information content (AvgIpc) is 2.55. The molecule has 0 radical (unpaired) electrons. The summed E-state index contributed by atoms with van der Waals surface area (Å²) in [7, 11) is 0. The van der Waals surface area contributed by atoms with Crippen molar-refractivity contribution in [3.63, 3.8) is 0 Å². The van der Waals surface area contributed by atoms with Crippen molar-refractivity contribution in [1.29, 1.82) is 0 Å². The van der Waals surface area contributed by atoms with E-state index in [4.69, 9.17) is 0 Å². The molecule has 0 aromatic rings. The minimum Gasteiger partial charge on any atom is -0.346 e. The van der Waals surface area contributed by atoms with E-state index in [0.29, 0.717) is 12.8 Å². The van der Waals surface area contributed by atoms with Gasteiger partial charge in [0.25, 0.3) is 0 Å². The second-order valence-electron chi connectivity index (χ2n) is 6.44. The lowest BCUT2D eigenvalue weighted by Gasteiger charge is -2.38. The monoisotopic (exact) mass is 277 g/mol. The normalized spacial score (nSPS) is 36.6. The number of rotatable bonds is 2. The number of amides is 1. The minimum atomic E-state index is -4.43. The molecule has 0 aromatic heterocycles. The van der Waals surface area contributed by atoms with Crippen LogP contribution in [0, 0.1) is 16.2 Å². The number of nitrogens with one attached hydrogen (secondary N) is 1. The van der Waals surface area contributed by atoms with E-state index >= 15 is 0 Å². The molecule has 0 heterocycles. The van der Waals surface area contributed by atoms with Crippen LogP contribution in [0.4, 0.5) is 13.2 Å². The van der Waals surface area contributed by atoms with Crippen molar-refractivity contribution in [2.45, 2.75) is 46.2 Å². The number of carbonyl (C=O) groups excluding carboxylic acids is 2. The van der Waals surface area contributed by atoms with Gasteiger partial charge in [-0.1, -0.05) is 20.8 Å². The highest BCUT2D eigenvalue weighted by Crippen LogP contribution is 2.70. The van der Waals surface area contributed by atoms with Crippen LogP contribution in [-0.2, 0) is 9.59 Å². The van der Waals surface area contributed by atoms with Crippen molar-refractivity contribution in [2.75, 3.05) is 6.54 Å². The van der Waals surface area contributed by atoms with E-state index < -0.39 is 34.9 Å². The third-order valence-electron chi connectivity index (χ3n) is 5.59. The molecule has 1 amide bonds. The Morgan fingerprint density at radius 1 is 1.26 bits per heavy atom. The fraction of sp³-hybridized carbons (Fsp3) is 0.846. The first-order valence-electron chi connectivity index (χ1n) is 6.35. The molecule has 2 rings (SSSR count). The Kier molecular flexibility index (Phi) is 2.82. The fourth-order valence-corrected chi connectivity index (χ4v) is 3.71. The highest BCUT2D eigenvalue weighted by atomic mass is 19.4. The van der Waals surface area contributed by atoms with Crippen molar-refractivity contribution in [3.05, 3.63) is 0 Å². The van der Waals surface area contributed by atoms with Crippen LogP contribution < -0.4 is 5.32 Å². The molecule has 2 atom stereocenters. The molecule has 0 saturated heterocycles. The number of Topliss-reactive ketones (excluding diaryl/α,β-unsaturated/α-hetero) is 1. The van der Waals surface area contributed by atoms with E-state index in [2.05, 4.69) is 0 Å². The van der Waals surface area contributed by atoms with Gasteiger partial charge in [0.2, 0.25) is 5.91 Å². The summed E-state index contributed by atoms with van der Waals surface area (Å²) in [6.45, 7) is 4.12. The van der Waals surface area contributed by atoms with Crippen LogP contribution in [0.5, 0.6) is 0 Å². The molecule has 6 heteroatoms. The summed E-state index contributed by atoms with van der Waals surface area (Å²) in [6, 6.07) is 0. The van der Waals surface area contributed by atoms with E-state index in [-0.39, 0.29) is 12.2 Å². The molecule has 108 valence electrons. The van der Waals surface area contributed by atoms with Gasteiger partial charge in [0.1, 0.15) is 12.3 Å². The largest absolute Gasteiger partial charge is 0.405 e. The smallest absolute Gasteiger partial charge is 0.346 e. The van der Waals surface area contributed by atoms with Gasteiger partial charge in [-0.3, -0.25) is 9.59 Å². The molecular weight excluding hydrogens is 259 g/mol. The summed E-state index contributed by atoms with van der Waals surface area (Å²) in [6.07, 6.45) is -3.33. The van der Waals surface area contributed by atoms with E-state index in [1.807, 2.05) is 26.1 Å². The second kappa shape index (κ2) is 3.73. The van der Waals surface area contributed by atoms with Crippen molar-refractivity contribution in [3.8, 4) is 0 Å². The van der Waals surface area contributed by atoms with Crippen molar-refractivity contribution >= 4 is 11.7 Å². The maximum absolute atomic E-state index is 12.2. The summed E-state index contributed by atoms with van der Waals surface area (Å²) in [5, 5.41) is 1.96. The Hall–Kier alpha value is -1.07. The fourth-order valence-electron chi connectivity index (χ4n) is 3.71. The number of alkyl halides is 3. The van der Waals surface area contributed by atoms with Crippen LogP contribution in [0.3, 0.4) is 0 Å². The topological polar surface area (TPSA) is 46.2 Å². The van der Waals surface area contributed by atoms with Crippen LogP contribution in [0.1, 0.15) is 40.0 Å². The van der Waals surface area contributed by atoms with Gasteiger partial charge in [-0.2, -0.15) is 13.2 Å². The van der Waals surface area contributed by atoms with Crippen LogP contribution in [0.25, 0.3) is 0 Å². The first-order chi connectivity index (χ1) is 8.46. The lowest BCUT2D eigenvalue weighted by atomic mass is 9.64. The molecule has 1 N–H and O–H groups in total. The lowest BCUT2D eigenvalue weighted by molar-refractivity contribution is -0.148. The van der Waals surface area contributed by atoms with Gasteiger partial charge in [-0.25, -0.2) is 0 Å². The summed E-state index contributed by atoms with van der Waals surface area (Å²) in [5.41, 5.74) is -2.18. The quantitative estimate of drug-likeness (QED) is 0.842. The van der Waals surface area contributed by atoms with Gasteiger partial charge in [0, 0.05) is 11.8 Å². The Balaban J connectivity index is 2.25. The molecular formula is C13H18F3NO2. The van der Waals surface area contributed by atoms with Gasteiger partial charge in [-0.05, 0) is 18.3 Å². The number of fused-ring (bicyclic) bond motifs is 2. The molecule has 2 aliphatic rings. The molecule has 2 fully saturated rings. The number of hydrogen-bond donors (Lipinski definition) is 1. The third-order valence-corrected chi connectivity index (χ3v) is 5.59. The first-order valence-corrected chi connectivity index (χ1v) is 6.35. The van der Waals surface area contributed by atoms with E-state index in [1.165, 1.54) is 0 Å². The zero-order valence-electron chi connectivity index (χ0n) is 11.3. The molecule has 19 heavy (non-hydrogen) atoms. The van der Waals surface area contributed by atoms with Gasteiger partial charge < -0.3 is 5.32 Å². The number of carbonyl (C=O) groups is 2. The Morgan fingerprint density at radius 2 is 1.84 bits per heavy atom. The Morgan fingerprint density at radius 3 is 2.21 bits per heavy atom. The third kappa shape index (κ3) is 1.71. The molecule has 0 aromatic carbocycles. The van der Waals surface area contributed by atoms with Crippen LogP contribution in [0.2, 0.25) is 0 Å². The van der Waals surface area contributed by atoms with Crippen molar-refractivity contribution < 1.29 is 22.8 Å². The van der Waals surface area contributed by atoms with Crippen LogP contribution in [0.15, 0.2) is 0 Å². The predicted octanol–water partition coefficient (Wildman–Crippen LogP) is 2.45. The molecule has 0 aliphatic heterocycles. The van der Waals surface area contributed by atoms with Crippen molar-refractivity contribution in [1.82, 2.24) is 5.32 Å². The molecule has 2 saturated carbocycles.